The summed E-state index contributed by atoms with van der Waals surface area (Å²) in [7, 11) is 0. The number of carbonyl (C=O) groups excluding carboxylic acids is 1. The highest BCUT2D eigenvalue weighted by Crippen LogP contribution is 2.21. The molecule has 1 aliphatic rings. The average molecular weight is 341 g/mol. The van der Waals surface area contributed by atoms with Crippen LogP contribution in [0.2, 0.25) is 0 Å². The fraction of sp³-hybridized carbons (Fsp3) is 0.526. The summed E-state index contributed by atoms with van der Waals surface area (Å²) >= 11 is 0. The number of likely N-dealkylation sites (tertiary alicyclic amines) is 1. The van der Waals surface area contributed by atoms with E-state index in [2.05, 4.69) is 22.6 Å². The number of hydrogen-bond donors (Lipinski definition) is 1. The molecule has 2 aromatic rings. The molecule has 0 spiro atoms. The first kappa shape index (κ1) is 17.5. The van der Waals surface area contributed by atoms with Crippen molar-refractivity contribution in [1.82, 2.24) is 25.2 Å². The Morgan fingerprint density at radius 2 is 2.12 bits per heavy atom. The Morgan fingerprint density at radius 3 is 2.92 bits per heavy atom. The van der Waals surface area contributed by atoms with Crippen molar-refractivity contribution in [3.63, 3.8) is 0 Å². The highest BCUT2D eigenvalue weighted by atomic mass is 16.2. The van der Waals surface area contributed by atoms with Gasteiger partial charge in [-0.05, 0) is 32.1 Å². The van der Waals surface area contributed by atoms with E-state index in [-0.39, 0.29) is 12.1 Å². The summed E-state index contributed by atoms with van der Waals surface area (Å²) in [5, 5.41) is 11.5. The number of nitrogens with zero attached hydrogens (tertiary/aromatic N) is 4. The number of piperidine rings is 1. The molecule has 1 unspecified atom stereocenters. The van der Waals surface area contributed by atoms with Crippen molar-refractivity contribution in [2.45, 2.75) is 51.6 Å². The van der Waals surface area contributed by atoms with Crippen LogP contribution in [0.15, 0.2) is 36.5 Å². The summed E-state index contributed by atoms with van der Waals surface area (Å²) in [6, 6.07) is 10.4. The highest BCUT2D eigenvalue weighted by molar-refractivity contribution is 5.74. The predicted octanol–water partition coefficient (Wildman–Crippen LogP) is 3.31. The van der Waals surface area contributed by atoms with E-state index in [0.717, 1.165) is 56.6 Å². The minimum atomic E-state index is 0.0788. The second kappa shape index (κ2) is 8.65. The number of nitrogens with one attached hydrogen (secondary N) is 1. The van der Waals surface area contributed by atoms with Gasteiger partial charge in [0.15, 0.2) is 0 Å². The van der Waals surface area contributed by atoms with Crippen LogP contribution >= 0.6 is 0 Å². The van der Waals surface area contributed by atoms with Gasteiger partial charge in [0.2, 0.25) is 0 Å². The largest absolute Gasteiger partial charge is 0.338 e. The van der Waals surface area contributed by atoms with Crippen LogP contribution in [0.3, 0.4) is 0 Å². The Balaban J connectivity index is 1.58. The van der Waals surface area contributed by atoms with Gasteiger partial charge in [-0.1, -0.05) is 42.5 Å². The molecule has 0 bridgehead atoms. The minimum Gasteiger partial charge on any atom is -0.338 e. The van der Waals surface area contributed by atoms with Crippen LogP contribution in [-0.4, -0.2) is 45.1 Å². The van der Waals surface area contributed by atoms with E-state index in [9.17, 15) is 4.79 Å². The number of urea groups is 1. The van der Waals surface area contributed by atoms with Crippen LogP contribution in [0.25, 0.3) is 11.3 Å². The van der Waals surface area contributed by atoms with Crippen LogP contribution in [-0.2, 0) is 6.54 Å². The van der Waals surface area contributed by atoms with E-state index in [1.165, 1.54) is 6.42 Å². The third kappa shape index (κ3) is 4.59. The fourth-order valence-electron chi connectivity index (χ4n) is 3.33. The Morgan fingerprint density at radius 1 is 1.28 bits per heavy atom. The zero-order valence-corrected chi connectivity index (χ0v) is 14.9. The summed E-state index contributed by atoms with van der Waals surface area (Å²) in [5.74, 6) is 0. The van der Waals surface area contributed by atoms with Crippen molar-refractivity contribution in [3.05, 3.63) is 36.5 Å². The normalized spacial score (nSPS) is 17.5. The molecular formula is C19H27N5O. The van der Waals surface area contributed by atoms with Gasteiger partial charge in [-0.25, -0.2) is 4.79 Å². The SMILES string of the molecule is CCCNC(=O)N1CCCCC1CCn1cc(-c2ccccc2)nn1. The molecule has 0 aliphatic carbocycles. The molecule has 1 aromatic heterocycles. The smallest absolute Gasteiger partial charge is 0.317 e. The Bertz CT molecular complexity index is 669. The van der Waals surface area contributed by atoms with Crippen LogP contribution in [0.4, 0.5) is 4.79 Å². The van der Waals surface area contributed by atoms with Crippen LogP contribution < -0.4 is 5.32 Å². The van der Waals surface area contributed by atoms with Crippen molar-refractivity contribution < 1.29 is 4.79 Å². The first-order valence-electron chi connectivity index (χ1n) is 9.28. The number of aromatic nitrogens is 3. The quantitative estimate of drug-likeness (QED) is 0.877. The molecule has 2 amide bonds. The van der Waals surface area contributed by atoms with Crippen molar-refractivity contribution in [2.24, 2.45) is 0 Å². The van der Waals surface area contributed by atoms with Gasteiger partial charge in [0.1, 0.15) is 5.69 Å². The molecular weight excluding hydrogens is 314 g/mol. The Labute approximate surface area is 149 Å². The lowest BCUT2D eigenvalue weighted by Crippen LogP contribution is -2.49. The number of rotatable bonds is 6. The van der Waals surface area contributed by atoms with Crippen molar-refractivity contribution in [3.8, 4) is 11.3 Å². The molecule has 1 atom stereocenters. The highest BCUT2D eigenvalue weighted by Gasteiger charge is 2.26. The van der Waals surface area contributed by atoms with Crippen LogP contribution in [0, 0.1) is 0 Å². The van der Waals surface area contributed by atoms with Gasteiger partial charge in [-0.3, -0.25) is 4.68 Å². The van der Waals surface area contributed by atoms with Crippen molar-refractivity contribution in [1.29, 1.82) is 0 Å². The van der Waals surface area contributed by atoms with Gasteiger partial charge in [-0.2, -0.15) is 0 Å². The Kier molecular flexibility index (Phi) is 6.04. The van der Waals surface area contributed by atoms with Crippen LogP contribution in [0.5, 0.6) is 0 Å². The summed E-state index contributed by atoms with van der Waals surface area (Å²) in [5.41, 5.74) is 1.97. The average Bonchev–Trinajstić information content (AvgIpc) is 3.14. The molecule has 25 heavy (non-hydrogen) atoms. The van der Waals surface area contributed by atoms with E-state index < -0.39 is 0 Å². The minimum absolute atomic E-state index is 0.0788. The molecule has 1 aliphatic heterocycles. The molecule has 1 fully saturated rings. The first-order valence-corrected chi connectivity index (χ1v) is 9.28. The van der Waals surface area contributed by atoms with E-state index in [0.29, 0.717) is 0 Å². The topological polar surface area (TPSA) is 63.1 Å². The second-order valence-corrected chi connectivity index (χ2v) is 6.60. The molecule has 2 heterocycles. The number of hydrogen-bond acceptors (Lipinski definition) is 3. The van der Waals surface area contributed by atoms with Gasteiger partial charge in [0.05, 0.1) is 6.20 Å². The summed E-state index contributed by atoms with van der Waals surface area (Å²) in [6.07, 6.45) is 7.22. The van der Waals surface area contributed by atoms with E-state index in [1.54, 1.807) is 0 Å². The standard InChI is InChI=1S/C19H27N5O/c1-2-12-20-19(25)24-13-7-6-10-17(24)11-14-23-15-18(21-22-23)16-8-4-3-5-9-16/h3-5,8-9,15,17H,2,6-7,10-14H2,1H3,(H,20,25). The molecule has 0 radical (unpaired) electrons. The predicted molar refractivity (Wildman–Crippen MR) is 98.1 cm³/mol. The van der Waals surface area contributed by atoms with Gasteiger partial charge in [0, 0.05) is 31.2 Å². The lowest BCUT2D eigenvalue weighted by atomic mass is 10.00. The first-order chi connectivity index (χ1) is 12.3. The van der Waals surface area contributed by atoms with Gasteiger partial charge in [0.25, 0.3) is 0 Å². The third-order valence-electron chi connectivity index (χ3n) is 4.71. The number of aryl methyl sites for hydroxylation is 1. The number of benzene rings is 1. The fourth-order valence-corrected chi connectivity index (χ4v) is 3.33. The zero-order valence-electron chi connectivity index (χ0n) is 14.9. The molecule has 134 valence electrons. The van der Waals surface area contributed by atoms with E-state index >= 15 is 0 Å². The molecule has 1 saturated heterocycles. The third-order valence-corrected chi connectivity index (χ3v) is 4.71. The number of carbonyl (C=O) groups is 1. The van der Waals surface area contributed by atoms with E-state index in [4.69, 9.17) is 0 Å². The number of amides is 2. The summed E-state index contributed by atoms with van der Waals surface area (Å²) in [4.78, 5) is 14.4. The maximum absolute atomic E-state index is 12.3. The van der Waals surface area contributed by atoms with Gasteiger partial charge < -0.3 is 10.2 Å². The molecule has 6 heteroatoms. The van der Waals surface area contributed by atoms with Crippen molar-refractivity contribution in [2.75, 3.05) is 13.1 Å². The molecule has 1 N–H and O–H groups in total. The molecule has 6 nitrogen and oxygen atoms in total. The zero-order chi connectivity index (χ0) is 17.5. The van der Waals surface area contributed by atoms with Gasteiger partial charge in [-0.15, -0.1) is 5.10 Å². The second-order valence-electron chi connectivity index (χ2n) is 6.60. The van der Waals surface area contributed by atoms with Crippen molar-refractivity contribution >= 4 is 6.03 Å². The van der Waals surface area contributed by atoms with E-state index in [1.807, 2.05) is 46.1 Å². The maximum Gasteiger partial charge on any atom is 0.317 e. The monoisotopic (exact) mass is 341 g/mol. The molecule has 1 aromatic carbocycles. The Hall–Kier alpha value is -2.37. The lowest BCUT2D eigenvalue weighted by Gasteiger charge is -2.35. The lowest BCUT2D eigenvalue weighted by molar-refractivity contribution is 0.143. The summed E-state index contributed by atoms with van der Waals surface area (Å²) in [6.45, 7) is 4.45. The van der Waals surface area contributed by atoms with Gasteiger partial charge >= 0.3 is 6.03 Å². The molecule has 3 rings (SSSR count). The summed E-state index contributed by atoms with van der Waals surface area (Å²) < 4.78 is 1.89. The van der Waals surface area contributed by atoms with Crippen LogP contribution in [0.1, 0.15) is 39.0 Å². The maximum atomic E-state index is 12.3. The molecule has 0 saturated carbocycles.